The van der Waals surface area contributed by atoms with Crippen molar-refractivity contribution in [2.24, 2.45) is 0 Å². The predicted octanol–water partition coefficient (Wildman–Crippen LogP) is 5.18. The Morgan fingerprint density at radius 2 is 1.53 bits per heavy atom. The number of benzene rings is 3. The molecule has 0 radical (unpaired) electrons. The molecule has 4 amide bonds. The largest absolute Gasteiger partial charge is 0.491 e. The molecule has 0 N–H and O–H groups in total. The van der Waals surface area contributed by atoms with E-state index >= 15 is 0 Å². The van der Waals surface area contributed by atoms with Gasteiger partial charge in [0.05, 0.1) is 30.2 Å². The number of anilines is 3. The first-order valence-corrected chi connectivity index (χ1v) is 16.8. The second-order valence-electron chi connectivity index (χ2n) is 11.9. The molecule has 254 valence electrons. The quantitative estimate of drug-likeness (QED) is 0.163. The lowest BCUT2D eigenvalue weighted by molar-refractivity contribution is -0.189. The molecule has 0 spiro atoms. The molecule has 12 nitrogen and oxygen atoms in total. The Morgan fingerprint density at radius 3 is 2.12 bits per heavy atom. The van der Waals surface area contributed by atoms with Crippen LogP contribution in [0.15, 0.2) is 85.5 Å². The molecule has 4 aromatic rings. The van der Waals surface area contributed by atoms with Gasteiger partial charge in [0.15, 0.2) is 0 Å². The minimum absolute atomic E-state index is 0.152. The zero-order valence-electron chi connectivity index (χ0n) is 26.7. The number of carbonyl (C=O) groups excluding carboxylic acids is 3. The van der Waals surface area contributed by atoms with Gasteiger partial charge in [-0.2, -0.15) is 0 Å². The number of halogens is 2. The normalized spacial score (nSPS) is 21.3. The van der Waals surface area contributed by atoms with Crippen LogP contribution in [0.1, 0.15) is 12.5 Å². The van der Waals surface area contributed by atoms with Crippen LogP contribution in [-0.4, -0.2) is 84.3 Å². The molecular formula is C35H34Cl2N6O6. The maximum atomic E-state index is 12.5. The van der Waals surface area contributed by atoms with E-state index in [0.29, 0.717) is 41.1 Å². The summed E-state index contributed by atoms with van der Waals surface area (Å²) in [6, 6.07) is 19.8. The van der Waals surface area contributed by atoms with Crippen molar-refractivity contribution in [3.05, 3.63) is 101 Å². The molecule has 2 unspecified atom stereocenters. The summed E-state index contributed by atoms with van der Waals surface area (Å²) in [6.07, 6.45) is 4.91. The molecule has 2 atom stereocenters. The highest BCUT2D eigenvalue weighted by atomic mass is 35.5. The topological polar surface area (TPSA) is 110 Å². The molecule has 3 aromatic carbocycles. The summed E-state index contributed by atoms with van der Waals surface area (Å²) in [7, 11) is 0. The highest BCUT2D eigenvalue weighted by Crippen LogP contribution is 2.40. The first-order chi connectivity index (χ1) is 23.7. The first kappa shape index (κ1) is 32.9. The lowest BCUT2D eigenvalue weighted by atomic mass is 10.1. The Morgan fingerprint density at radius 1 is 0.878 bits per heavy atom. The van der Waals surface area contributed by atoms with Crippen LogP contribution in [0.3, 0.4) is 0 Å². The van der Waals surface area contributed by atoms with Crippen molar-refractivity contribution in [2.45, 2.75) is 25.4 Å². The fraction of sp³-hybridized carbons (Fsp3) is 0.314. The summed E-state index contributed by atoms with van der Waals surface area (Å²) in [5.74, 6) is -2.02. The average molecular weight is 706 g/mol. The van der Waals surface area contributed by atoms with Gasteiger partial charge in [0.25, 0.3) is 0 Å². The third kappa shape index (κ3) is 6.56. The monoisotopic (exact) mass is 704 g/mol. The van der Waals surface area contributed by atoms with Crippen molar-refractivity contribution in [3.8, 4) is 5.75 Å². The zero-order chi connectivity index (χ0) is 34.1. The van der Waals surface area contributed by atoms with E-state index in [0.717, 1.165) is 53.1 Å². The van der Waals surface area contributed by atoms with Gasteiger partial charge in [-0.15, -0.1) is 0 Å². The van der Waals surface area contributed by atoms with Gasteiger partial charge in [0, 0.05) is 67.1 Å². The molecule has 3 saturated heterocycles. The standard InChI is InChI=1S/C35H34Cl2N6O6/c1-2-42-32(44)33(45)43(34(42)46)27-6-4-25(5-7-27)40-15-17-41(18-16-40)26-8-10-28(11-9-26)47-20-29-21-48-35(49-29,22-39-14-13-38-23-39)30-12-3-24(36)19-31(30)37/h3-14,19,23,29H,2,15-18,20-22H2,1H3. The van der Waals surface area contributed by atoms with Crippen molar-refractivity contribution < 1.29 is 28.6 Å². The Bertz CT molecular complexity index is 1830. The number of hydrogen-bond donors (Lipinski definition) is 0. The molecule has 1 aromatic heterocycles. The SMILES string of the molecule is CCN1C(=O)C(=O)N(c2ccc(N3CCN(c4ccc(OCC5COC(Cn6ccnc6)(c6ccc(Cl)cc6Cl)O5)cc4)CC3)cc2)C1=O. The first-order valence-electron chi connectivity index (χ1n) is 16.0. The van der Waals surface area contributed by atoms with Gasteiger partial charge in [-0.05, 0) is 67.6 Å². The molecule has 49 heavy (non-hydrogen) atoms. The number of carbonyl (C=O) groups is 3. The second kappa shape index (κ2) is 13.7. The number of nitrogens with zero attached hydrogens (tertiary/aromatic N) is 6. The van der Waals surface area contributed by atoms with Gasteiger partial charge in [0.2, 0.25) is 5.79 Å². The summed E-state index contributed by atoms with van der Waals surface area (Å²) in [4.78, 5) is 47.6. The predicted molar refractivity (Wildman–Crippen MR) is 184 cm³/mol. The maximum absolute atomic E-state index is 12.5. The van der Waals surface area contributed by atoms with Crippen LogP contribution < -0.4 is 19.4 Å². The maximum Gasteiger partial charge on any atom is 0.338 e. The zero-order valence-corrected chi connectivity index (χ0v) is 28.2. The molecule has 14 heteroatoms. The van der Waals surface area contributed by atoms with Crippen LogP contribution in [0.25, 0.3) is 0 Å². The van der Waals surface area contributed by atoms with Gasteiger partial charge in [-0.3, -0.25) is 14.5 Å². The Hall–Kier alpha value is -4.62. The van der Waals surface area contributed by atoms with Gasteiger partial charge in [0.1, 0.15) is 18.5 Å². The van der Waals surface area contributed by atoms with Crippen LogP contribution in [0.4, 0.5) is 21.9 Å². The lowest BCUT2D eigenvalue weighted by Crippen LogP contribution is -2.46. The number of rotatable bonds is 10. The smallest absolute Gasteiger partial charge is 0.338 e. The minimum atomic E-state index is -1.12. The summed E-state index contributed by atoms with van der Waals surface area (Å²) in [5, 5.41) is 0.986. The third-order valence-corrected chi connectivity index (χ3v) is 9.46. The van der Waals surface area contributed by atoms with Crippen LogP contribution in [0.2, 0.25) is 10.0 Å². The van der Waals surface area contributed by atoms with Crippen LogP contribution >= 0.6 is 23.2 Å². The fourth-order valence-electron chi connectivity index (χ4n) is 6.37. The molecule has 3 aliphatic heterocycles. The van der Waals surface area contributed by atoms with Crippen LogP contribution in [-0.2, 0) is 31.4 Å². The van der Waals surface area contributed by atoms with Crippen molar-refractivity contribution in [1.82, 2.24) is 14.5 Å². The van der Waals surface area contributed by atoms with Gasteiger partial charge >= 0.3 is 17.8 Å². The minimum Gasteiger partial charge on any atom is -0.491 e. The molecule has 3 aliphatic rings. The summed E-state index contributed by atoms with van der Waals surface area (Å²) < 4.78 is 20.8. The molecule has 0 aliphatic carbocycles. The van der Waals surface area contributed by atoms with E-state index in [1.54, 1.807) is 43.7 Å². The van der Waals surface area contributed by atoms with Gasteiger partial charge in [-0.1, -0.05) is 29.3 Å². The highest BCUT2D eigenvalue weighted by molar-refractivity contribution is 6.52. The Balaban J connectivity index is 0.924. The molecule has 4 heterocycles. The number of likely N-dealkylation sites (N-methyl/N-ethyl adjacent to an activating group) is 1. The summed E-state index contributed by atoms with van der Waals surface area (Å²) >= 11 is 12.7. The van der Waals surface area contributed by atoms with E-state index in [9.17, 15) is 14.4 Å². The number of aromatic nitrogens is 2. The lowest BCUT2D eigenvalue weighted by Gasteiger charge is -2.37. The number of amides is 4. The molecule has 3 fully saturated rings. The van der Waals surface area contributed by atoms with Gasteiger partial charge in [-0.25, -0.2) is 14.7 Å². The number of hydrogen-bond acceptors (Lipinski definition) is 9. The highest BCUT2D eigenvalue weighted by Gasteiger charge is 2.46. The van der Waals surface area contributed by atoms with E-state index in [4.69, 9.17) is 37.4 Å². The van der Waals surface area contributed by atoms with Crippen molar-refractivity contribution in [3.63, 3.8) is 0 Å². The van der Waals surface area contributed by atoms with E-state index in [1.807, 2.05) is 53.2 Å². The van der Waals surface area contributed by atoms with E-state index in [1.165, 1.54) is 0 Å². The van der Waals surface area contributed by atoms with E-state index in [-0.39, 0.29) is 12.6 Å². The molecule has 0 saturated carbocycles. The summed E-state index contributed by atoms with van der Waals surface area (Å²) in [6.45, 7) is 5.99. The van der Waals surface area contributed by atoms with Crippen LogP contribution in [0.5, 0.6) is 5.75 Å². The summed E-state index contributed by atoms with van der Waals surface area (Å²) in [5.41, 5.74) is 3.15. The number of imide groups is 2. The van der Waals surface area contributed by atoms with E-state index in [2.05, 4.69) is 14.8 Å². The average Bonchev–Trinajstić information content (AvgIpc) is 3.83. The Labute approximate surface area is 293 Å². The Kier molecular flexibility index (Phi) is 9.21. The molecule has 7 rings (SSSR count). The van der Waals surface area contributed by atoms with Crippen molar-refractivity contribution in [2.75, 3.05) is 60.6 Å². The number of imidazole rings is 1. The molecular weight excluding hydrogens is 671 g/mol. The molecule has 0 bridgehead atoms. The van der Waals surface area contributed by atoms with Gasteiger partial charge < -0.3 is 28.6 Å². The van der Waals surface area contributed by atoms with Crippen molar-refractivity contribution in [1.29, 1.82) is 0 Å². The number of urea groups is 1. The number of ether oxygens (including phenoxy) is 3. The number of piperazine rings is 1. The second-order valence-corrected chi connectivity index (χ2v) is 12.8. The fourth-order valence-corrected chi connectivity index (χ4v) is 6.92. The van der Waals surface area contributed by atoms with E-state index < -0.39 is 23.6 Å². The van der Waals surface area contributed by atoms with Crippen LogP contribution in [0, 0.1) is 0 Å². The van der Waals surface area contributed by atoms with Crippen molar-refractivity contribution >= 4 is 58.1 Å². The third-order valence-electron chi connectivity index (χ3n) is 8.91.